The van der Waals surface area contributed by atoms with Crippen LogP contribution in [0.15, 0.2) is 87.2 Å². The molecular weight excluding hydrogens is 661 g/mol. The van der Waals surface area contributed by atoms with Crippen LogP contribution in [0, 0.1) is 17.6 Å². The number of methoxy groups -OCH3 is 1. The smallest absolute Gasteiger partial charge is 0.137 e. The number of halogens is 4. The minimum atomic E-state index is -0.533. The van der Waals surface area contributed by atoms with Crippen molar-refractivity contribution in [2.75, 3.05) is 18.6 Å². The Morgan fingerprint density at radius 2 is 1.81 bits per heavy atom. The van der Waals surface area contributed by atoms with Crippen molar-refractivity contribution in [3.63, 3.8) is 0 Å². The third kappa shape index (κ3) is 8.69. The van der Waals surface area contributed by atoms with Crippen LogP contribution in [0.25, 0.3) is 0 Å². The zero-order chi connectivity index (χ0) is 34.3. The van der Waals surface area contributed by atoms with Gasteiger partial charge in [0.25, 0.3) is 0 Å². The number of hydrogen-bond acceptors (Lipinski definition) is 6. The van der Waals surface area contributed by atoms with E-state index in [1.54, 1.807) is 31.5 Å². The van der Waals surface area contributed by atoms with Gasteiger partial charge in [0.1, 0.15) is 29.0 Å². The Morgan fingerprint density at radius 1 is 1.09 bits per heavy atom. The second kappa shape index (κ2) is 16.0. The zero-order valence-corrected chi connectivity index (χ0v) is 29.7. The number of thioether (sulfide) groups is 1. The Hall–Kier alpha value is -3.53. The van der Waals surface area contributed by atoms with Crippen LogP contribution in [0.1, 0.15) is 58.6 Å². The van der Waals surface area contributed by atoms with Crippen molar-refractivity contribution in [2.45, 2.75) is 58.6 Å². The summed E-state index contributed by atoms with van der Waals surface area (Å²) in [5.41, 5.74) is 9.31. The maximum Gasteiger partial charge on any atom is 0.137 e. The fourth-order valence-corrected chi connectivity index (χ4v) is 6.90. The van der Waals surface area contributed by atoms with Crippen LogP contribution in [0.2, 0.25) is 10.0 Å². The molecule has 0 saturated carbocycles. The Labute approximate surface area is 290 Å². The van der Waals surface area contributed by atoms with Crippen LogP contribution in [0.5, 0.6) is 11.5 Å². The van der Waals surface area contributed by atoms with E-state index in [1.165, 1.54) is 30.0 Å². The Balaban J connectivity index is 1.62. The fourth-order valence-electron chi connectivity index (χ4n) is 5.04. The highest BCUT2D eigenvalue weighted by Crippen LogP contribution is 2.48. The van der Waals surface area contributed by atoms with Gasteiger partial charge < -0.3 is 20.1 Å². The average molecular weight is 702 g/mol. The molecule has 250 valence electrons. The van der Waals surface area contributed by atoms with E-state index in [0.717, 1.165) is 27.6 Å². The molecule has 0 bridgehead atoms. The standard InChI is InChI=1S/C36H40Cl2F2N4O2S/c1-7-34(41)43-42-15-8-16-46-27-19-30(38)28(31(40)20-27)21-47-35-23(3)22(2)17-33(44(35)26-12-10-25(39)11-13-26)36(4,5)24-9-14-29(37)32(18-24)45-6/h9-15,17-20,22H,7-8,16,21H2,1-6H3,(H2,41,43)/b42-15-. The lowest BCUT2D eigenvalue weighted by Crippen LogP contribution is -2.37. The van der Waals surface area contributed by atoms with E-state index >= 15 is 4.39 Å². The fraction of sp³-hybridized carbons (Fsp3) is 0.333. The summed E-state index contributed by atoms with van der Waals surface area (Å²) < 4.78 is 40.9. The summed E-state index contributed by atoms with van der Waals surface area (Å²) in [6.07, 6.45) is 4.90. The summed E-state index contributed by atoms with van der Waals surface area (Å²) in [7, 11) is 1.59. The van der Waals surface area contributed by atoms with Crippen LogP contribution in [-0.4, -0.2) is 25.8 Å². The molecule has 1 unspecified atom stereocenters. The van der Waals surface area contributed by atoms with Crippen LogP contribution < -0.4 is 20.1 Å². The SMILES string of the molecule is CCC(N)=N/N=C\CCOc1cc(F)c(CSC2=C(C)C(C)C=C(C(C)(C)c3ccc(Cl)c(OC)c3)N2c2ccc(F)cc2)c(Cl)c1. The molecule has 3 aromatic carbocycles. The zero-order valence-electron chi connectivity index (χ0n) is 27.4. The molecule has 1 atom stereocenters. The lowest BCUT2D eigenvalue weighted by molar-refractivity contribution is 0.328. The number of anilines is 1. The number of ether oxygens (including phenoxy) is 2. The predicted molar refractivity (Wildman–Crippen MR) is 193 cm³/mol. The van der Waals surface area contributed by atoms with Gasteiger partial charge in [-0.25, -0.2) is 8.78 Å². The van der Waals surface area contributed by atoms with Gasteiger partial charge in [-0.1, -0.05) is 63.0 Å². The van der Waals surface area contributed by atoms with E-state index in [4.69, 9.17) is 38.4 Å². The highest BCUT2D eigenvalue weighted by atomic mass is 35.5. The van der Waals surface area contributed by atoms with Gasteiger partial charge in [-0.2, -0.15) is 5.10 Å². The van der Waals surface area contributed by atoms with Gasteiger partial charge >= 0.3 is 0 Å². The molecule has 0 saturated heterocycles. The van der Waals surface area contributed by atoms with Gasteiger partial charge in [-0.15, -0.1) is 16.9 Å². The molecule has 1 aliphatic rings. The maximum atomic E-state index is 15.5. The molecule has 0 radical (unpaired) electrons. The first kappa shape index (κ1) is 36.3. The molecule has 0 spiro atoms. The van der Waals surface area contributed by atoms with Crippen molar-refractivity contribution < 1.29 is 18.3 Å². The van der Waals surface area contributed by atoms with Crippen molar-refractivity contribution >= 4 is 52.7 Å². The van der Waals surface area contributed by atoms with Crippen molar-refractivity contribution in [2.24, 2.45) is 21.9 Å². The number of nitrogens with two attached hydrogens (primary N) is 1. The van der Waals surface area contributed by atoms with Crippen LogP contribution in [0.4, 0.5) is 14.5 Å². The van der Waals surface area contributed by atoms with Crippen molar-refractivity contribution in [3.8, 4) is 11.5 Å². The van der Waals surface area contributed by atoms with E-state index in [1.807, 2.05) is 25.1 Å². The van der Waals surface area contributed by atoms with Crippen LogP contribution in [0.3, 0.4) is 0 Å². The van der Waals surface area contributed by atoms with Gasteiger partial charge in [0.05, 0.1) is 28.8 Å². The van der Waals surface area contributed by atoms with Crippen molar-refractivity contribution in [3.05, 3.63) is 110 Å². The second-order valence-corrected chi connectivity index (χ2v) is 13.4. The highest BCUT2D eigenvalue weighted by molar-refractivity contribution is 8.02. The molecule has 0 aromatic heterocycles. The van der Waals surface area contributed by atoms with Crippen LogP contribution in [-0.2, 0) is 11.2 Å². The van der Waals surface area contributed by atoms with Gasteiger partial charge in [0, 0.05) is 53.2 Å². The molecule has 0 fully saturated rings. The number of allylic oxidation sites excluding steroid dienone is 3. The summed E-state index contributed by atoms with van der Waals surface area (Å²) in [5, 5.41) is 9.45. The van der Waals surface area contributed by atoms with E-state index in [9.17, 15) is 4.39 Å². The highest BCUT2D eigenvalue weighted by Gasteiger charge is 2.37. The number of amidine groups is 1. The molecule has 0 amide bonds. The Bertz CT molecular complexity index is 1680. The topological polar surface area (TPSA) is 72.4 Å². The maximum absolute atomic E-state index is 15.5. The summed E-state index contributed by atoms with van der Waals surface area (Å²) >= 11 is 14.5. The van der Waals surface area contributed by atoms with Gasteiger partial charge in [-0.05, 0) is 66.4 Å². The number of rotatable bonds is 13. The van der Waals surface area contributed by atoms with E-state index < -0.39 is 11.2 Å². The monoisotopic (exact) mass is 700 g/mol. The third-order valence-electron chi connectivity index (χ3n) is 8.08. The summed E-state index contributed by atoms with van der Waals surface area (Å²) in [4.78, 5) is 2.13. The predicted octanol–water partition coefficient (Wildman–Crippen LogP) is 10.3. The minimum Gasteiger partial charge on any atom is -0.495 e. The molecule has 0 aliphatic carbocycles. The quantitative estimate of drug-likeness (QED) is 0.0831. The lowest BCUT2D eigenvalue weighted by Gasteiger charge is -2.43. The van der Waals surface area contributed by atoms with Gasteiger partial charge in [0.2, 0.25) is 0 Å². The Kier molecular flexibility index (Phi) is 12.4. The van der Waals surface area contributed by atoms with Crippen molar-refractivity contribution in [1.29, 1.82) is 0 Å². The Morgan fingerprint density at radius 3 is 2.47 bits per heavy atom. The average Bonchev–Trinajstić information content (AvgIpc) is 3.04. The first-order valence-corrected chi connectivity index (χ1v) is 17.0. The number of benzene rings is 3. The summed E-state index contributed by atoms with van der Waals surface area (Å²) in [5.74, 6) is 0.875. The second-order valence-electron chi connectivity index (χ2n) is 11.6. The van der Waals surface area contributed by atoms with Crippen LogP contribution >= 0.6 is 35.0 Å². The molecule has 1 heterocycles. The molecule has 6 nitrogen and oxygen atoms in total. The molecule has 1 aliphatic heterocycles. The lowest BCUT2D eigenvalue weighted by atomic mass is 9.77. The van der Waals surface area contributed by atoms with Crippen molar-refractivity contribution in [1.82, 2.24) is 0 Å². The molecule has 11 heteroatoms. The first-order valence-electron chi connectivity index (χ1n) is 15.3. The van der Waals surface area contributed by atoms with Gasteiger partial charge in [0.15, 0.2) is 0 Å². The van der Waals surface area contributed by atoms with E-state index in [0.29, 0.717) is 40.8 Å². The van der Waals surface area contributed by atoms with E-state index in [2.05, 4.69) is 48.9 Å². The number of hydrogen-bond donors (Lipinski definition) is 1. The molecule has 4 rings (SSSR count). The van der Waals surface area contributed by atoms with E-state index in [-0.39, 0.29) is 29.1 Å². The summed E-state index contributed by atoms with van der Waals surface area (Å²) in [6.45, 7) is 10.6. The molecule has 47 heavy (non-hydrogen) atoms. The molecular formula is C36H40Cl2F2N4O2S. The molecule has 3 aromatic rings. The normalized spacial score (nSPS) is 15.8. The first-order chi connectivity index (χ1) is 22.4. The largest absolute Gasteiger partial charge is 0.495 e. The molecule has 2 N–H and O–H groups in total. The minimum absolute atomic E-state index is 0.0707. The number of nitrogens with zero attached hydrogens (tertiary/aromatic N) is 3. The third-order valence-corrected chi connectivity index (χ3v) is 9.94. The summed E-state index contributed by atoms with van der Waals surface area (Å²) in [6, 6.07) is 15.1. The van der Waals surface area contributed by atoms with Gasteiger partial charge in [-0.3, -0.25) is 0 Å².